The Hall–Kier alpha value is -7.24. The molecular formula is C65H84BClN12O17S6. The van der Waals surface area contributed by atoms with E-state index in [4.69, 9.17) is 50.1 Å². The van der Waals surface area contributed by atoms with Crippen LogP contribution in [-0.4, -0.2) is 233 Å². The molecule has 37 heteroatoms. The number of aliphatic hydroxyl groups is 1. The molecule has 0 spiro atoms. The third-order valence-electron chi connectivity index (χ3n) is 15.1. The molecule has 3 aliphatic rings. The maximum absolute atomic E-state index is 11.8. The van der Waals surface area contributed by atoms with Crippen molar-refractivity contribution in [3.8, 4) is 40.2 Å². The number of morpholine rings is 3. The van der Waals surface area contributed by atoms with Gasteiger partial charge in [-0.05, 0) is 43.9 Å². The van der Waals surface area contributed by atoms with Gasteiger partial charge in [0.25, 0.3) is 0 Å². The number of rotatable bonds is 18. The second-order valence-corrected chi connectivity index (χ2v) is 28.7. The lowest BCUT2D eigenvalue weighted by atomic mass is 9.80. The van der Waals surface area contributed by atoms with Crippen molar-refractivity contribution in [1.82, 2.24) is 57.8 Å². The molecule has 0 aliphatic carbocycles. The first-order valence-electron chi connectivity index (χ1n) is 30.1. The van der Waals surface area contributed by atoms with E-state index in [1.54, 1.807) is 74.3 Å². The lowest BCUT2D eigenvalue weighted by Crippen LogP contribution is -2.47. The number of Topliss-reactive ketones (excluding diaryl/α,β-unsaturated/α-hetero) is 2. The number of aromatic nitrogens is 9. The number of aliphatic hydroxyl groups excluding tert-OH is 1. The predicted octanol–water partition coefficient (Wildman–Crippen LogP) is 5.61. The van der Waals surface area contributed by atoms with E-state index in [-0.39, 0.29) is 129 Å². The van der Waals surface area contributed by atoms with Crippen LogP contribution in [0, 0.1) is 0 Å². The minimum Gasteiger partial charge on any atom is -0.473 e. The first-order valence-corrected chi connectivity index (χ1v) is 36.0. The summed E-state index contributed by atoms with van der Waals surface area (Å²) in [5, 5.41) is 27.4. The molecule has 3 fully saturated rings. The lowest BCUT2D eigenvalue weighted by molar-refractivity contribution is -0.0252. The molecular weight excluding hydrogens is 1460 g/mol. The van der Waals surface area contributed by atoms with Gasteiger partial charge in [-0.3, -0.25) is 24.5 Å². The summed E-state index contributed by atoms with van der Waals surface area (Å²) < 4.78 is 109. The molecule has 102 heavy (non-hydrogen) atoms. The third kappa shape index (κ3) is 24.4. The smallest absolute Gasteiger partial charge is 0.473 e. The summed E-state index contributed by atoms with van der Waals surface area (Å²) in [6.45, 7) is 7.72. The number of carbonyl (C=O) groups excluding carboxylic acids is 2. The van der Waals surface area contributed by atoms with Crippen LogP contribution in [0.25, 0.3) is 55.6 Å². The van der Waals surface area contributed by atoms with Gasteiger partial charge in [0, 0.05) is 105 Å². The van der Waals surface area contributed by atoms with Crippen molar-refractivity contribution in [2.45, 2.75) is 60.0 Å². The van der Waals surface area contributed by atoms with E-state index in [0.717, 1.165) is 16.7 Å². The Morgan fingerprint density at radius 1 is 0.520 bits per heavy atom. The first kappa shape index (κ1) is 87.2. The van der Waals surface area contributed by atoms with Crippen molar-refractivity contribution in [3.05, 3.63) is 150 Å². The zero-order valence-corrected chi connectivity index (χ0v) is 61.2. The Balaban J connectivity index is 0.000000296. The molecule has 3 saturated heterocycles. The zero-order chi connectivity index (χ0) is 69.6. The number of hydrogen-bond acceptors (Lipinski definition) is 26. The fourth-order valence-corrected chi connectivity index (χ4v) is 12.6. The third-order valence-corrected chi connectivity index (χ3v) is 19.1. The second kappa shape index (κ2) is 39.6. The highest BCUT2D eigenvalue weighted by atomic mass is 35.5. The summed E-state index contributed by atoms with van der Waals surface area (Å²) in [6.07, 6.45) is 11.2. The monoisotopic (exact) mass is 1540 g/mol. The normalized spacial score (nSPS) is 16.6. The van der Waals surface area contributed by atoms with Gasteiger partial charge >= 0.3 is 7.12 Å². The van der Waals surface area contributed by atoms with Gasteiger partial charge in [0.1, 0.15) is 43.3 Å². The van der Waals surface area contributed by atoms with Crippen LogP contribution in [0.2, 0.25) is 5.15 Å². The summed E-state index contributed by atoms with van der Waals surface area (Å²) in [5.74, 6) is 0.801. The van der Waals surface area contributed by atoms with Crippen LogP contribution in [0.5, 0.6) is 17.6 Å². The highest BCUT2D eigenvalue weighted by molar-refractivity contribution is 7.88. The van der Waals surface area contributed by atoms with Gasteiger partial charge in [-0.2, -0.15) is 58.4 Å². The molecule has 9 aromatic rings. The van der Waals surface area contributed by atoms with E-state index in [0.29, 0.717) is 106 Å². The summed E-state index contributed by atoms with van der Waals surface area (Å²) in [5.41, 5.74) is 8.64. The quantitative estimate of drug-likeness (QED) is 0.0533. The number of ketones is 2. The maximum Gasteiger partial charge on any atom is 0.488 e. The van der Waals surface area contributed by atoms with Crippen LogP contribution >= 0.6 is 52.1 Å². The molecule has 3 aromatic carbocycles. The number of ether oxygens (including phenoxy) is 6. The standard InChI is InChI=1S/C21H24N4O5S.C21H22N4O5S.C13H15ClN4O4S.C8H9BO3.2CH4.3H2S/c2*1-14(26)15-3-5-16(6-4-15)18-11-19-20(23-8-7-22-19)21(24-18)30-13-17-12-25(9-10-29-17)31(2,27)28;1-23(19,20)18-4-5-21-9(7-18)8-22-13-12-10(6-11(14)17-13)15-2-3-16-12;1-6(10)7-2-4-8(5-3-7)9(11)12;;;;;/h3-8,11,14,17,26H,9-10,12-13H2,1-2H3;3-8,11,17H,9-10,12-13H2,1-2H3;2-3,6,9H,4-5,7-8H2,1H3;2-5,11-12H,1H3;2*1H4;3*1H2. The topological polar surface area (TPSA) is 378 Å². The van der Waals surface area contributed by atoms with Crippen LogP contribution in [0.15, 0.2) is 128 Å². The molecule has 0 amide bonds. The Kier molecular flexibility index (Phi) is 33.8. The summed E-state index contributed by atoms with van der Waals surface area (Å²) in [6, 6.07) is 26.0. The maximum atomic E-state index is 11.8. The molecule has 0 saturated carbocycles. The van der Waals surface area contributed by atoms with Gasteiger partial charge in [0.05, 0.1) is 72.6 Å². The number of nitrogens with zero attached hydrogens (tertiary/aromatic N) is 12. The van der Waals surface area contributed by atoms with E-state index in [1.165, 1.54) is 63.9 Å². The molecule has 0 bridgehead atoms. The van der Waals surface area contributed by atoms with E-state index in [2.05, 4.69) is 44.9 Å². The average Bonchev–Trinajstić information content (AvgIpc) is 0.802. The van der Waals surface area contributed by atoms with E-state index < -0.39 is 55.5 Å². The lowest BCUT2D eigenvalue weighted by Gasteiger charge is -2.30. The average molecular weight is 1540 g/mol. The van der Waals surface area contributed by atoms with Crippen LogP contribution in [-0.2, 0) is 44.3 Å². The predicted molar refractivity (Wildman–Crippen MR) is 404 cm³/mol. The Bertz CT molecular complexity index is 4590. The molecule has 3 aliphatic heterocycles. The second-order valence-electron chi connectivity index (χ2n) is 22.4. The highest BCUT2D eigenvalue weighted by Gasteiger charge is 2.31. The molecule has 29 nitrogen and oxygen atoms in total. The molecule has 0 radical (unpaired) electrons. The fraction of sp³-hybridized carbons (Fsp3) is 0.369. The SMILES string of the molecule is C.C.CC(=O)c1ccc(-c2cc3nccnc3c(OCC3CN(S(C)(=O)=O)CCO3)n2)cc1.CC(=O)c1ccc(B(O)O)cc1.CC(O)c1ccc(-c2cc3nccnc3c(OCC3CN(S(C)(=O)=O)CCO3)n2)cc1.CS(=O)(=O)N1CCOC(COc2nc(Cl)cc3nccnc23)C1.S.S.S. The highest BCUT2D eigenvalue weighted by Crippen LogP contribution is 2.31. The van der Waals surface area contributed by atoms with Crippen LogP contribution in [0.3, 0.4) is 0 Å². The number of carbonyl (C=O) groups is 2. The number of benzene rings is 3. The summed E-state index contributed by atoms with van der Waals surface area (Å²) in [4.78, 5) is 61.4. The zero-order valence-electron chi connectivity index (χ0n) is 55.0. The molecule has 4 unspecified atom stereocenters. The Morgan fingerprint density at radius 2 is 0.833 bits per heavy atom. The molecule has 9 heterocycles. The minimum atomic E-state index is -3.29. The van der Waals surface area contributed by atoms with Gasteiger partial charge < -0.3 is 43.6 Å². The fourth-order valence-electron chi connectivity index (χ4n) is 9.90. The van der Waals surface area contributed by atoms with Gasteiger partial charge in [-0.1, -0.05) is 99.3 Å². The number of halogens is 1. The van der Waals surface area contributed by atoms with E-state index >= 15 is 0 Å². The first-order chi connectivity index (χ1) is 46.2. The number of pyridine rings is 3. The largest absolute Gasteiger partial charge is 0.488 e. The molecule has 4 atom stereocenters. The van der Waals surface area contributed by atoms with Crippen LogP contribution in [0.1, 0.15) is 68.0 Å². The molecule has 3 N–H and O–H groups in total. The van der Waals surface area contributed by atoms with Crippen molar-refractivity contribution >= 4 is 139 Å². The van der Waals surface area contributed by atoms with Gasteiger partial charge in [0.2, 0.25) is 47.7 Å². The summed E-state index contributed by atoms with van der Waals surface area (Å²) in [7, 11) is -11.3. The number of hydrogen-bond donors (Lipinski definition) is 3. The Morgan fingerprint density at radius 3 is 1.16 bits per heavy atom. The number of fused-ring (bicyclic) bond motifs is 3. The van der Waals surface area contributed by atoms with Crippen molar-refractivity contribution in [2.75, 3.05) is 97.7 Å². The van der Waals surface area contributed by atoms with Gasteiger partial charge in [-0.25, -0.2) is 50.2 Å². The van der Waals surface area contributed by atoms with Crippen molar-refractivity contribution in [1.29, 1.82) is 0 Å². The van der Waals surface area contributed by atoms with E-state index in [1.807, 2.05) is 42.5 Å². The van der Waals surface area contributed by atoms with Crippen molar-refractivity contribution < 1.29 is 78.4 Å². The molecule has 552 valence electrons. The van der Waals surface area contributed by atoms with E-state index in [9.17, 15) is 39.9 Å². The number of sulfonamides is 3. The minimum absolute atomic E-state index is 0. The van der Waals surface area contributed by atoms with Gasteiger partial charge in [-0.15, -0.1) is 0 Å². The van der Waals surface area contributed by atoms with Crippen molar-refractivity contribution in [2.24, 2.45) is 0 Å². The van der Waals surface area contributed by atoms with Crippen LogP contribution < -0.4 is 19.7 Å². The molecule has 12 rings (SSSR count). The Labute approximate surface area is 619 Å². The van der Waals surface area contributed by atoms with Crippen molar-refractivity contribution in [3.63, 3.8) is 0 Å². The summed E-state index contributed by atoms with van der Waals surface area (Å²) >= 11 is 5.95. The van der Waals surface area contributed by atoms with Gasteiger partial charge in [0.15, 0.2) is 28.1 Å². The molecule has 6 aromatic heterocycles. The van der Waals surface area contributed by atoms with Crippen LogP contribution in [0.4, 0.5) is 0 Å².